The highest BCUT2D eigenvalue weighted by molar-refractivity contribution is 5.79. The van der Waals surface area contributed by atoms with Crippen molar-refractivity contribution in [3.05, 3.63) is 35.1 Å². The van der Waals surface area contributed by atoms with Crippen molar-refractivity contribution in [1.29, 1.82) is 0 Å². The molecule has 1 aromatic carbocycles. The van der Waals surface area contributed by atoms with Gasteiger partial charge in [-0.05, 0) is 81.4 Å². The number of nitrogens with one attached hydrogen (secondary N) is 1. The van der Waals surface area contributed by atoms with E-state index in [1.165, 1.54) is 55.4 Å². The summed E-state index contributed by atoms with van der Waals surface area (Å²) < 4.78 is 11.5. The van der Waals surface area contributed by atoms with E-state index in [4.69, 9.17) is 9.15 Å². The van der Waals surface area contributed by atoms with Crippen LogP contribution in [-0.2, 0) is 11.3 Å². The highest BCUT2D eigenvalue weighted by Crippen LogP contribution is 2.24. The van der Waals surface area contributed by atoms with Gasteiger partial charge in [0.05, 0.1) is 13.2 Å². The van der Waals surface area contributed by atoms with Crippen molar-refractivity contribution < 1.29 is 9.15 Å². The second kappa shape index (κ2) is 7.48. The summed E-state index contributed by atoms with van der Waals surface area (Å²) in [6.45, 7) is 10.7. The molecule has 1 atom stereocenters. The Morgan fingerprint density at radius 3 is 2.64 bits per heavy atom. The van der Waals surface area contributed by atoms with Crippen LogP contribution in [0.4, 0.5) is 0 Å². The second-order valence-corrected chi connectivity index (χ2v) is 7.87. The van der Waals surface area contributed by atoms with Crippen LogP contribution in [0.1, 0.15) is 36.1 Å². The largest absolute Gasteiger partial charge is 0.460 e. The predicted molar refractivity (Wildman–Crippen MR) is 101 cm³/mol. The molecule has 0 amide bonds. The van der Waals surface area contributed by atoms with Crippen molar-refractivity contribution in [3.8, 4) is 0 Å². The molecule has 3 heterocycles. The first-order chi connectivity index (χ1) is 12.2. The Hall–Kier alpha value is -1.36. The molecule has 4 rings (SSSR count). The number of hydrogen-bond donors (Lipinski definition) is 1. The summed E-state index contributed by atoms with van der Waals surface area (Å²) in [5.41, 5.74) is 3.63. The number of nitrogens with zero attached hydrogens (tertiary/aromatic N) is 1. The molecule has 2 aliphatic rings. The Balaban J connectivity index is 1.26. The average Bonchev–Trinajstić information content (AvgIpc) is 3.24. The normalized spacial score (nSPS) is 22.9. The van der Waals surface area contributed by atoms with Crippen molar-refractivity contribution in [2.75, 3.05) is 32.8 Å². The van der Waals surface area contributed by atoms with Gasteiger partial charge in [-0.1, -0.05) is 0 Å². The summed E-state index contributed by atoms with van der Waals surface area (Å²) in [6.07, 6.45) is 3.70. The van der Waals surface area contributed by atoms with E-state index in [0.29, 0.717) is 6.04 Å². The number of furan rings is 1. The number of benzene rings is 1. The highest BCUT2D eigenvalue weighted by Gasteiger charge is 2.23. The fourth-order valence-corrected chi connectivity index (χ4v) is 4.10. The molecular weight excluding hydrogens is 312 g/mol. The maximum absolute atomic E-state index is 6.02. The van der Waals surface area contributed by atoms with E-state index < -0.39 is 0 Å². The number of likely N-dealkylation sites (tertiary alicyclic amines) is 1. The lowest BCUT2D eigenvalue weighted by Crippen LogP contribution is -2.43. The third kappa shape index (κ3) is 4.08. The zero-order chi connectivity index (χ0) is 17.2. The summed E-state index contributed by atoms with van der Waals surface area (Å²) in [6, 6.07) is 7.17. The minimum Gasteiger partial charge on any atom is -0.460 e. The molecule has 1 aromatic heterocycles. The van der Waals surface area contributed by atoms with Gasteiger partial charge in [-0.15, -0.1) is 0 Å². The third-order valence-electron chi connectivity index (χ3n) is 5.88. The highest BCUT2D eigenvalue weighted by atomic mass is 16.5. The molecule has 2 saturated heterocycles. The molecule has 2 aromatic rings. The fraction of sp³-hybridized carbons (Fsp3) is 0.619. The van der Waals surface area contributed by atoms with Gasteiger partial charge in [0.15, 0.2) is 0 Å². The van der Waals surface area contributed by atoms with E-state index in [2.05, 4.69) is 42.3 Å². The first-order valence-electron chi connectivity index (χ1n) is 9.70. The maximum Gasteiger partial charge on any atom is 0.134 e. The van der Waals surface area contributed by atoms with Crippen molar-refractivity contribution in [2.24, 2.45) is 5.92 Å². The van der Waals surface area contributed by atoms with E-state index in [0.717, 1.165) is 37.0 Å². The molecule has 25 heavy (non-hydrogen) atoms. The summed E-state index contributed by atoms with van der Waals surface area (Å²) in [7, 11) is 0. The zero-order valence-corrected chi connectivity index (χ0v) is 15.5. The lowest BCUT2D eigenvalue weighted by atomic mass is 10.0. The number of fused-ring (bicyclic) bond motifs is 1. The van der Waals surface area contributed by atoms with Gasteiger partial charge in [-0.25, -0.2) is 0 Å². The van der Waals surface area contributed by atoms with Crippen molar-refractivity contribution >= 4 is 11.0 Å². The number of hydrogen-bond acceptors (Lipinski definition) is 4. The van der Waals surface area contributed by atoms with Crippen LogP contribution in [0, 0.1) is 19.8 Å². The number of aryl methyl sites for hydroxylation is 2. The van der Waals surface area contributed by atoms with E-state index in [-0.39, 0.29) is 0 Å². The summed E-state index contributed by atoms with van der Waals surface area (Å²) in [5.74, 6) is 1.80. The fourth-order valence-electron chi connectivity index (χ4n) is 4.10. The molecule has 136 valence electrons. The van der Waals surface area contributed by atoms with Gasteiger partial charge in [0.1, 0.15) is 11.3 Å². The third-order valence-corrected chi connectivity index (χ3v) is 5.88. The van der Waals surface area contributed by atoms with Gasteiger partial charge in [0, 0.05) is 24.6 Å². The predicted octanol–water partition coefficient (Wildman–Crippen LogP) is 3.64. The van der Waals surface area contributed by atoms with Crippen molar-refractivity contribution in [2.45, 2.75) is 45.7 Å². The SMILES string of the molecule is Cc1cc2cc(CNC3CCN(CC4CCOC4)CC3)oc2cc1C. The summed E-state index contributed by atoms with van der Waals surface area (Å²) >= 11 is 0. The molecule has 0 bridgehead atoms. The first kappa shape index (κ1) is 17.1. The topological polar surface area (TPSA) is 37.6 Å². The van der Waals surface area contributed by atoms with Crippen LogP contribution >= 0.6 is 0 Å². The van der Waals surface area contributed by atoms with Gasteiger partial charge in [0.25, 0.3) is 0 Å². The lowest BCUT2D eigenvalue weighted by molar-refractivity contribution is 0.147. The van der Waals surface area contributed by atoms with Gasteiger partial charge < -0.3 is 19.4 Å². The molecule has 2 fully saturated rings. The van der Waals surface area contributed by atoms with Crippen LogP contribution < -0.4 is 5.32 Å². The second-order valence-electron chi connectivity index (χ2n) is 7.87. The quantitative estimate of drug-likeness (QED) is 0.900. The zero-order valence-electron chi connectivity index (χ0n) is 15.5. The van der Waals surface area contributed by atoms with E-state index in [1.807, 2.05) is 0 Å². The van der Waals surface area contributed by atoms with Crippen LogP contribution in [0.2, 0.25) is 0 Å². The minimum absolute atomic E-state index is 0.604. The van der Waals surface area contributed by atoms with E-state index in [1.54, 1.807) is 0 Å². The Labute approximate surface area is 150 Å². The van der Waals surface area contributed by atoms with Gasteiger partial charge in [0.2, 0.25) is 0 Å². The summed E-state index contributed by atoms with van der Waals surface area (Å²) in [4.78, 5) is 2.62. The monoisotopic (exact) mass is 342 g/mol. The molecule has 2 aliphatic heterocycles. The van der Waals surface area contributed by atoms with Gasteiger partial charge in [-0.2, -0.15) is 0 Å². The summed E-state index contributed by atoms with van der Waals surface area (Å²) in [5, 5.41) is 4.91. The van der Waals surface area contributed by atoms with E-state index >= 15 is 0 Å². The van der Waals surface area contributed by atoms with Gasteiger partial charge in [-0.3, -0.25) is 0 Å². The van der Waals surface area contributed by atoms with Crippen molar-refractivity contribution in [1.82, 2.24) is 10.2 Å². The molecule has 0 aliphatic carbocycles. The Bertz CT molecular complexity index is 671. The molecule has 4 heteroatoms. The Morgan fingerprint density at radius 2 is 1.88 bits per heavy atom. The van der Waals surface area contributed by atoms with Crippen LogP contribution in [0.3, 0.4) is 0 Å². The maximum atomic E-state index is 6.02. The Kier molecular flexibility index (Phi) is 5.11. The van der Waals surface area contributed by atoms with Crippen LogP contribution in [0.25, 0.3) is 11.0 Å². The number of ether oxygens (including phenoxy) is 1. The molecule has 1 unspecified atom stereocenters. The molecule has 4 nitrogen and oxygen atoms in total. The van der Waals surface area contributed by atoms with Crippen molar-refractivity contribution in [3.63, 3.8) is 0 Å². The van der Waals surface area contributed by atoms with Crippen LogP contribution in [0.5, 0.6) is 0 Å². The van der Waals surface area contributed by atoms with Gasteiger partial charge >= 0.3 is 0 Å². The lowest BCUT2D eigenvalue weighted by Gasteiger charge is -2.33. The minimum atomic E-state index is 0.604. The van der Waals surface area contributed by atoms with Crippen LogP contribution in [0.15, 0.2) is 22.6 Å². The molecule has 0 radical (unpaired) electrons. The Morgan fingerprint density at radius 1 is 1.08 bits per heavy atom. The molecule has 1 N–H and O–H groups in total. The molecule has 0 spiro atoms. The van der Waals surface area contributed by atoms with Crippen LogP contribution in [-0.4, -0.2) is 43.8 Å². The molecular formula is C21H30N2O2. The first-order valence-corrected chi connectivity index (χ1v) is 9.70. The standard InChI is InChI=1S/C21H30N2O2/c1-15-9-18-11-20(25-21(18)10-16(15)2)12-22-19-3-6-23(7-4-19)13-17-5-8-24-14-17/h9-11,17,19,22H,3-8,12-14H2,1-2H3. The smallest absolute Gasteiger partial charge is 0.134 e. The number of piperidine rings is 1. The average molecular weight is 342 g/mol. The number of rotatable bonds is 5. The molecule has 0 saturated carbocycles. The van der Waals surface area contributed by atoms with E-state index in [9.17, 15) is 0 Å².